The van der Waals surface area contributed by atoms with Crippen molar-refractivity contribution < 1.29 is 19.2 Å². The molecular formula is C20H15NO5S. The van der Waals surface area contributed by atoms with Gasteiger partial charge in [-0.15, -0.1) is 11.8 Å². The molecule has 0 atom stereocenters. The van der Waals surface area contributed by atoms with E-state index in [1.54, 1.807) is 23.9 Å². The Bertz CT molecular complexity index is 929. The normalized spacial score (nSPS) is 10.2. The van der Waals surface area contributed by atoms with Crippen LogP contribution in [0.2, 0.25) is 0 Å². The van der Waals surface area contributed by atoms with Crippen LogP contribution >= 0.6 is 11.8 Å². The van der Waals surface area contributed by atoms with E-state index >= 15 is 0 Å². The minimum atomic E-state index is -0.906. The number of nitro groups is 1. The molecule has 7 heteroatoms. The van der Waals surface area contributed by atoms with Crippen LogP contribution in [0.15, 0.2) is 83.8 Å². The molecule has 0 amide bonds. The van der Waals surface area contributed by atoms with Crippen LogP contribution in [-0.4, -0.2) is 11.1 Å². The molecule has 0 radical (unpaired) electrons. The first-order valence-electron chi connectivity index (χ1n) is 8.02. The second kappa shape index (κ2) is 8.86. The first-order valence-corrected chi connectivity index (χ1v) is 9.00. The first-order chi connectivity index (χ1) is 13.1. The molecule has 0 unspecified atom stereocenters. The zero-order valence-electron chi connectivity index (χ0n) is 14.1. The molecule has 0 saturated heterocycles. The Morgan fingerprint density at radius 2 is 1.56 bits per heavy atom. The number of hydrogen-bond acceptors (Lipinski definition) is 6. The molecule has 3 aromatic carbocycles. The summed E-state index contributed by atoms with van der Waals surface area (Å²) < 4.78 is 10.4. The Morgan fingerprint density at radius 3 is 2.26 bits per heavy atom. The van der Waals surface area contributed by atoms with Gasteiger partial charge in [-0.05, 0) is 29.8 Å². The highest BCUT2D eigenvalue weighted by Crippen LogP contribution is 2.32. The van der Waals surface area contributed by atoms with E-state index in [1.165, 1.54) is 24.3 Å². The molecule has 3 aromatic rings. The van der Waals surface area contributed by atoms with Crippen LogP contribution in [-0.2, 0) is 5.75 Å². The van der Waals surface area contributed by atoms with Gasteiger partial charge in [-0.2, -0.15) is 0 Å². The molecule has 3 rings (SSSR count). The van der Waals surface area contributed by atoms with Crippen molar-refractivity contribution in [2.24, 2.45) is 0 Å². The molecular weight excluding hydrogens is 366 g/mol. The summed E-state index contributed by atoms with van der Waals surface area (Å²) in [5.74, 6) is 1.30. The molecule has 0 N–H and O–H groups in total. The van der Waals surface area contributed by atoms with Gasteiger partial charge in [0.2, 0.25) is 0 Å². The average molecular weight is 381 g/mol. The van der Waals surface area contributed by atoms with Gasteiger partial charge in [0.05, 0.1) is 9.82 Å². The zero-order chi connectivity index (χ0) is 19.1. The lowest BCUT2D eigenvalue weighted by Crippen LogP contribution is -2.14. The van der Waals surface area contributed by atoms with Gasteiger partial charge in [0, 0.05) is 17.9 Å². The summed E-state index contributed by atoms with van der Waals surface area (Å²) in [6, 6.07) is 22.3. The maximum Gasteiger partial charge on any atom is 0.519 e. The number of para-hydroxylation sites is 1. The summed E-state index contributed by atoms with van der Waals surface area (Å²) in [5.41, 5.74) is 1.07. The fourth-order valence-corrected chi connectivity index (χ4v) is 3.17. The average Bonchev–Trinajstić information content (AvgIpc) is 2.68. The quantitative estimate of drug-likeness (QED) is 0.185. The molecule has 0 aliphatic rings. The number of carbonyl (C=O) groups excluding carboxylic acids is 1. The van der Waals surface area contributed by atoms with Crippen molar-refractivity contribution in [1.29, 1.82) is 0 Å². The van der Waals surface area contributed by atoms with Crippen LogP contribution in [0.1, 0.15) is 5.56 Å². The maximum atomic E-state index is 12.0. The Balaban J connectivity index is 1.63. The van der Waals surface area contributed by atoms with Crippen LogP contribution in [0.25, 0.3) is 0 Å². The van der Waals surface area contributed by atoms with Crippen molar-refractivity contribution in [2.75, 3.05) is 0 Å². The van der Waals surface area contributed by atoms with E-state index in [-0.39, 0.29) is 11.4 Å². The van der Waals surface area contributed by atoms with Gasteiger partial charge in [0.25, 0.3) is 5.69 Å². The number of benzene rings is 3. The van der Waals surface area contributed by atoms with Crippen molar-refractivity contribution in [1.82, 2.24) is 0 Å². The molecule has 0 fully saturated rings. The first kappa shape index (κ1) is 18.5. The summed E-state index contributed by atoms with van der Waals surface area (Å²) >= 11 is 1.55. The summed E-state index contributed by atoms with van der Waals surface area (Å²) in [6.45, 7) is 0. The smallest absolute Gasteiger partial charge is 0.395 e. The second-order valence-electron chi connectivity index (χ2n) is 5.43. The summed E-state index contributed by atoms with van der Waals surface area (Å²) in [6.07, 6.45) is -0.906. The SMILES string of the molecule is O=C(Oc1ccc([N+](=O)[O-])cc1)Oc1ccccc1SCc1ccccc1. The largest absolute Gasteiger partial charge is 0.519 e. The predicted octanol–water partition coefficient (Wildman–Crippen LogP) is 5.46. The second-order valence-corrected chi connectivity index (χ2v) is 6.44. The number of nitrogens with zero attached hydrogens (tertiary/aromatic N) is 1. The number of hydrogen-bond donors (Lipinski definition) is 0. The fraction of sp³-hybridized carbons (Fsp3) is 0.0500. The van der Waals surface area contributed by atoms with E-state index in [2.05, 4.69) is 0 Å². The molecule has 0 aliphatic carbocycles. The number of ether oxygens (including phenoxy) is 2. The van der Waals surface area contributed by atoms with Gasteiger partial charge >= 0.3 is 6.16 Å². The number of thioether (sulfide) groups is 1. The summed E-state index contributed by atoms with van der Waals surface area (Å²) in [5, 5.41) is 10.6. The minimum Gasteiger partial charge on any atom is -0.395 e. The van der Waals surface area contributed by atoms with Gasteiger partial charge in [-0.3, -0.25) is 10.1 Å². The van der Waals surface area contributed by atoms with Crippen molar-refractivity contribution in [2.45, 2.75) is 10.6 Å². The van der Waals surface area contributed by atoms with Crippen LogP contribution in [0, 0.1) is 10.1 Å². The third kappa shape index (κ3) is 5.32. The summed E-state index contributed by atoms with van der Waals surface area (Å²) in [7, 11) is 0. The molecule has 0 aliphatic heterocycles. The molecule has 136 valence electrons. The third-order valence-electron chi connectivity index (χ3n) is 3.53. The lowest BCUT2D eigenvalue weighted by molar-refractivity contribution is -0.384. The molecule has 0 saturated carbocycles. The maximum absolute atomic E-state index is 12.0. The monoisotopic (exact) mass is 381 g/mol. The van der Waals surface area contributed by atoms with Gasteiger partial charge in [0.1, 0.15) is 11.5 Å². The molecule has 0 aromatic heterocycles. The van der Waals surface area contributed by atoms with Gasteiger partial charge in [0.15, 0.2) is 0 Å². The van der Waals surface area contributed by atoms with E-state index in [0.717, 1.165) is 16.2 Å². The van der Waals surface area contributed by atoms with E-state index in [9.17, 15) is 14.9 Å². The Kier molecular flexibility index (Phi) is 6.06. The molecule has 0 spiro atoms. The lowest BCUT2D eigenvalue weighted by Gasteiger charge is -2.10. The van der Waals surface area contributed by atoms with Crippen molar-refractivity contribution in [3.8, 4) is 11.5 Å². The predicted molar refractivity (Wildman–Crippen MR) is 102 cm³/mol. The summed E-state index contributed by atoms with van der Waals surface area (Å²) in [4.78, 5) is 23.0. The number of nitro benzene ring substituents is 1. The van der Waals surface area contributed by atoms with Gasteiger partial charge in [-0.1, -0.05) is 42.5 Å². The van der Waals surface area contributed by atoms with E-state index in [1.807, 2.05) is 42.5 Å². The third-order valence-corrected chi connectivity index (χ3v) is 4.65. The van der Waals surface area contributed by atoms with Crippen molar-refractivity contribution in [3.05, 3.63) is 94.5 Å². The minimum absolute atomic E-state index is 0.0848. The molecule has 27 heavy (non-hydrogen) atoms. The van der Waals surface area contributed by atoms with Crippen LogP contribution < -0.4 is 9.47 Å². The lowest BCUT2D eigenvalue weighted by atomic mass is 10.2. The molecule has 0 heterocycles. The fourth-order valence-electron chi connectivity index (χ4n) is 2.23. The highest BCUT2D eigenvalue weighted by molar-refractivity contribution is 7.98. The van der Waals surface area contributed by atoms with Gasteiger partial charge in [-0.25, -0.2) is 4.79 Å². The Hall–Kier alpha value is -3.32. The number of rotatable bonds is 6. The van der Waals surface area contributed by atoms with E-state index in [0.29, 0.717) is 5.75 Å². The van der Waals surface area contributed by atoms with Crippen molar-refractivity contribution in [3.63, 3.8) is 0 Å². The van der Waals surface area contributed by atoms with E-state index < -0.39 is 11.1 Å². The highest BCUT2D eigenvalue weighted by atomic mass is 32.2. The van der Waals surface area contributed by atoms with Crippen LogP contribution in [0.3, 0.4) is 0 Å². The van der Waals surface area contributed by atoms with Crippen LogP contribution in [0.5, 0.6) is 11.5 Å². The standard InChI is InChI=1S/C20H15NO5S/c22-20(25-17-12-10-16(11-13-17)21(23)24)26-18-8-4-5-9-19(18)27-14-15-6-2-1-3-7-15/h1-13H,14H2. The Labute approximate surface area is 159 Å². The topological polar surface area (TPSA) is 78.7 Å². The zero-order valence-corrected chi connectivity index (χ0v) is 14.9. The highest BCUT2D eigenvalue weighted by Gasteiger charge is 2.13. The molecule has 0 bridgehead atoms. The Morgan fingerprint density at radius 1 is 0.889 bits per heavy atom. The van der Waals surface area contributed by atoms with Crippen LogP contribution in [0.4, 0.5) is 10.5 Å². The van der Waals surface area contributed by atoms with E-state index in [4.69, 9.17) is 9.47 Å². The number of carbonyl (C=O) groups is 1. The number of non-ortho nitro benzene ring substituents is 1. The van der Waals surface area contributed by atoms with Crippen molar-refractivity contribution >= 4 is 23.6 Å². The molecule has 6 nitrogen and oxygen atoms in total. The van der Waals surface area contributed by atoms with Gasteiger partial charge < -0.3 is 9.47 Å².